The molecular formula is C9H17N3. The van der Waals surface area contributed by atoms with Gasteiger partial charge in [0.15, 0.2) is 0 Å². The molecule has 0 aliphatic carbocycles. The van der Waals surface area contributed by atoms with E-state index < -0.39 is 0 Å². The van der Waals surface area contributed by atoms with Crippen molar-refractivity contribution in [1.29, 1.82) is 0 Å². The molecule has 1 rings (SSSR count). The number of nitrogens with zero attached hydrogens (tertiary/aromatic N) is 2. The Balaban J connectivity index is 2.41. The fourth-order valence-electron chi connectivity index (χ4n) is 1.26. The fraction of sp³-hybridized carbons (Fsp3) is 0.667. The molecule has 0 bridgehead atoms. The molecule has 0 fully saturated rings. The van der Waals surface area contributed by atoms with Gasteiger partial charge >= 0.3 is 0 Å². The zero-order chi connectivity index (χ0) is 8.97. The Morgan fingerprint density at radius 3 is 2.83 bits per heavy atom. The average molecular weight is 167 g/mol. The van der Waals surface area contributed by atoms with Crippen LogP contribution in [0, 0.1) is 6.92 Å². The highest BCUT2D eigenvalue weighted by molar-refractivity contribution is 4.97. The zero-order valence-corrected chi connectivity index (χ0v) is 8.09. The summed E-state index contributed by atoms with van der Waals surface area (Å²) in [7, 11) is 2.11. The predicted octanol–water partition coefficient (Wildman–Crippen LogP) is 1.56. The normalized spacial score (nSPS) is 11.0. The van der Waals surface area contributed by atoms with Crippen LogP contribution in [0.5, 0.6) is 0 Å². The number of imidazole rings is 1. The van der Waals surface area contributed by atoms with E-state index in [1.54, 1.807) is 0 Å². The van der Waals surface area contributed by atoms with Crippen molar-refractivity contribution in [3.8, 4) is 0 Å². The lowest BCUT2D eigenvalue weighted by atomic mass is 10.4. The third kappa shape index (κ3) is 2.66. The van der Waals surface area contributed by atoms with Crippen LogP contribution in [0.2, 0.25) is 0 Å². The van der Waals surface area contributed by atoms with Crippen molar-refractivity contribution < 1.29 is 0 Å². The van der Waals surface area contributed by atoms with E-state index in [1.165, 1.54) is 6.42 Å². The maximum Gasteiger partial charge on any atom is 0.120 e. The lowest BCUT2D eigenvalue weighted by molar-refractivity contribution is 0.320. The quantitative estimate of drug-likeness (QED) is 0.738. The van der Waals surface area contributed by atoms with Gasteiger partial charge in [-0.1, -0.05) is 6.92 Å². The molecule has 68 valence electrons. The van der Waals surface area contributed by atoms with E-state index in [1.807, 2.05) is 13.1 Å². The van der Waals surface area contributed by atoms with Gasteiger partial charge in [-0.15, -0.1) is 0 Å². The molecule has 0 radical (unpaired) electrons. The molecule has 3 nitrogen and oxygen atoms in total. The van der Waals surface area contributed by atoms with Gasteiger partial charge in [0, 0.05) is 11.9 Å². The van der Waals surface area contributed by atoms with Crippen molar-refractivity contribution in [3.63, 3.8) is 0 Å². The molecule has 1 aromatic rings. The second-order valence-electron chi connectivity index (χ2n) is 3.25. The van der Waals surface area contributed by atoms with Gasteiger partial charge in [-0.2, -0.15) is 0 Å². The number of hydrogen-bond acceptors (Lipinski definition) is 2. The predicted molar refractivity (Wildman–Crippen MR) is 49.9 cm³/mol. The minimum absolute atomic E-state index is 0.918. The van der Waals surface area contributed by atoms with Crippen LogP contribution < -0.4 is 0 Å². The molecule has 0 aromatic carbocycles. The summed E-state index contributed by atoms with van der Waals surface area (Å²) in [6, 6.07) is 0. The van der Waals surface area contributed by atoms with Crippen LogP contribution in [-0.4, -0.2) is 28.5 Å². The lowest BCUT2D eigenvalue weighted by Gasteiger charge is -2.12. The number of nitrogens with one attached hydrogen (secondary N) is 1. The molecule has 0 aliphatic heterocycles. The fourth-order valence-corrected chi connectivity index (χ4v) is 1.26. The van der Waals surface area contributed by atoms with E-state index in [0.717, 1.165) is 24.6 Å². The molecule has 0 amide bonds. The number of aromatic nitrogens is 2. The van der Waals surface area contributed by atoms with Gasteiger partial charge in [0.05, 0.1) is 6.54 Å². The second-order valence-corrected chi connectivity index (χ2v) is 3.25. The standard InChI is InChI=1S/C9H17N3/c1-4-5-12(3)7-9-10-6-8(2)11-9/h6H,4-5,7H2,1-3H3,(H,10,11). The Labute approximate surface area is 73.8 Å². The largest absolute Gasteiger partial charge is 0.345 e. The maximum atomic E-state index is 4.24. The minimum atomic E-state index is 0.918. The molecule has 0 spiro atoms. The van der Waals surface area contributed by atoms with Crippen molar-refractivity contribution in [2.24, 2.45) is 0 Å². The van der Waals surface area contributed by atoms with Gasteiger partial charge in [0.2, 0.25) is 0 Å². The topological polar surface area (TPSA) is 31.9 Å². The van der Waals surface area contributed by atoms with E-state index in [9.17, 15) is 0 Å². The van der Waals surface area contributed by atoms with Gasteiger partial charge in [-0.25, -0.2) is 4.98 Å². The number of aryl methyl sites for hydroxylation is 1. The van der Waals surface area contributed by atoms with E-state index in [4.69, 9.17) is 0 Å². The SMILES string of the molecule is CCCN(C)Cc1ncc(C)[nH]1. The first-order valence-electron chi connectivity index (χ1n) is 4.41. The molecule has 0 saturated heterocycles. The van der Waals surface area contributed by atoms with Crippen LogP contribution in [0.3, 0.4) is 0 Å². The second kappa shape index (κ2) is 4.26. The van der Waals surface area contributed by atoms with Gasteiger partial charge in [-0.3, -0.25) is 4.90 Å². The summed E-state index contributed by atoms with van der Waals surface area (Å²) in [5.74, 6) is 1.06. The number of aromatic amines is 1. The first kappa shape index (κ1) is 9.26. The third-order valence-electron chi connectivity index (χ3n) is 1.78. The molecule has 0 aliphatic rings. The van der Waals surface area contributed by atoms with Crippen molar-refractivity contribution >= 4 is 0 Å². The van der Waals surface area contributed by atoms with Crippen molar-refractivity contribution in [2.45, 2.75) is 26.8 Å². The lowest BCUT2D eigenvalue weighted by Crippen LogP contribution is -2.19. The first-order valence-corrected chi connectivity index (χ1v) is 4.41. The number of hydrogen-bond donors (Lipinski definition) is 1. The van der Waals surface area contributed by atoms with E-state index in [2.05, 4.69) is 28.8 Å². The summed E-state index contributed by atoms with van der Waals surface area (Å²) in [5, 5.41) is 0. The summed E-state index contributed by atoms with van der Waals surface area (Å²) in [5.41, 5.74) is 1.13. The Kier molecular flexibility index (Phi) is 3.29. The van der Waals surface area contributed by atoms with Gasteiger partial charge in [0.1, 0.15) is 5.82 Å². The summed E-state index contributed by atoms with van der Waals surface area (Å²) >= 11 is 0. The van der Waals surface area contributed by atoms with Gasteiger partial charge in [0.25, 0.3) is 0 Å². The van der Waals surface area contributed by atoms with Gasteiger partial charge in [-0.05, 0) is 26.9 Å². The molecule has 3 heteroatoms. The van der Waals surface area contributed by atoms with Crippen molar-refractivity contribution in [3.05, 3.63) is 17.7 Å². The van der Waals surface area contributed by atoms with Crippen LogP contribution >= 0.6 is 0 Å². The van der Waals surface area contributed by atoms with Crippen LogP contribution in [0.1, 0.15) is 24.9 Å². The molecule has 0 saturated carbocycles. The summed E-state index contributed by atoms with van der Waals surface area (Å²) in [6.45, 7) is 6.25. The van der Waals surface area contributed by atoms with E-state index in [0.29, 0.717) is 0 Å². The highest BCUT2D eigenvalue weighted by Crippen LogP contribution is 1.99. The average Bonchev–Trinajstić information content (AvgIpc) is 2.36. The smallest absolute Gasteiger partial charge is 0.120 e. The number of H-pyrrole nitrogens is 1. The van der Waals surface area contributed by atoms with E-state index >= 15 is 0 Å². The first-order chi connectivity index (χ1) is 5.72. The van der Waals surface area contributed by atoms with Crippen LogP contribution in [0.4, 0.5) is 0 Å². The molecule has 1 heterocycles. The molecule has 12 heavy (non-hydrogen) atoms. The minimum Gasteiger partial charge on any atom is -0.345 e. The summed E-state index contributed by atoms with van der Waals surface area (Å²) < 4.78 is 0. The Hall–Kier alpha value is -0.830. The molecule has 0 atom stereocenters. The Bertz CT molecular complexity index is 229. The molecule has 0 unspecified atom stereocenters. The van der Waals surface area contributed by atoms with Crippen molar-refractivity contribution in [1.82, 2.24) is 14.9 Å². The highest BCUT2D eigenvalue weighted by Gasteiger charge is 2.00. The Morgan fingerprint density at radius 2 is 2.33 bits per heavy atom. The van der Waals surface area contributed by atoms with Crippen LogP contribution in [0.15, 0.2) is 6.20 Å². The molecule has 1 N–H and O–H groups in total. The monoisotopic (exact) mass is 167 g/mol. The summed E-state index contributed by atoms with van der Waals surface area (Å²) in [4.78, 5) is 9.72. The van der Waals surface area contributed by atoms with Crippen LogP contribution in [-0.2, 0) is 6.54 Å². The summed E-state index contributed by atoms with van der Waals surface area (Å²) in [6.07, 6.45) is 3.06. The molecule has 1 aromatic heterocycles. The maximum absolute atomic E-state index is 4.24. The van der Waals surface area contributed by atoms with E-state index in [-0.39, 0.29) is 0 Å². The van der Waals surface area contributed by atoms with Gasteiger partial charge < -0.3 is 4.98 Å². The molecular weight excluding hydrogens is 150 g/mol. The van der Waals surface area contributed by atoms with Crippen molar-refractivity contribution in [2.75, 3.05) is 13.6 Å². The Morgan fingerprint density at radius 1 is 1.58 bits per heavy atom. The third-order valence-corrected chi connectivity index (χ3v) is 1.78. The van der Waals surface area contributed by atoms with Crippen LogP contribution in [0.25, 0.3) is 0 Å². The highest BCUT2D eigenvalue weighted by atomic mass is 15.1. The number of rotatable bonds is 4. The zero-order valence-electron chi connectivity index (χ0n) is 8.09.